The first-order valence-corrected chi connectivity index (χ1v) is 9.33. The number of hydrogen-bond acceptors (Lipinski definition) is 6. The Bertz CT molecular complexity index is 700. The second-order valence-corrected chi connectivity index (χ2v) is 6.70. The number of carbonyl (C=O) groups excluding carboxylic acids is 3. The van der Waals surface area contributed by atoms with E-state index in [4.69, 9.17) is 10.8 Å². The van der Waals surface area contributed by atoms with Crippen molar-refractivity contribution in [2.75, 3.05) is 5.75 Å². The van der Waals surface area contributed by atoms with E-state index in [0.717, 1.165) is 5.56 Å². The summed E-state index contributed by atoms with van der Waals surface area (Å²) in [6.07, 6.45) is 0.315. The molecule has 0 heterocycles. The smallest absolute Gasteiger partial charge is 0.325 e. The topological polar surface area (TPSA) is 151 Å². The molecule has 0 aliphatic carbocycles. The SMILES string of the molecule is CC(NC(=O)C(CS)NC(=O)C(C)NC(=O)C(N)Cc1ccccc1)C(=O)O. The van der Waals surface area contributed by atoms with Crippen LogP contribution >= 0.6 is 12.6 Å². The molecule has 1 rings (SSSR count). The molecule has 0 spiro atoms. The molecule has 0 fully saturated rings. The average Bonchev–Trinajstić information content (AvgIpc) is 2.66. The van der Waals surface area contributed by atoms with Crippen LogP contribution < -0.4 is 21.7 Å². The van der Waals surface area contributed by atoms with Crippen molar-refractivity contribution in [2.45, 2.75) is 44.4 Å². The van der Waals surface area contributed by atoms with Crippen molar-refractivity contribution in [1.29, 1.82) is 0 Å². The Hall–Kier alpha value is -2.59. The zero-order chi connectivity index (χ0) is 21.3. The van der Waals surface area contributed by atoms with Gasteiger partial charge in [0, 0.05) is 5.75 Å². The lowest BCUT2D eigenvalue weighted by Gasteiger charge is -2.22. The third kappa shape index (κ3) is 7.57. The van der Waals surface area contributed by atoms with Crippen molar-refractivity contribution in [3.05, 3.63) is 35.9 Å². The second kappa shape index (κ2) is 11.3. The van der Waals surface area contributed by atoms with Crippen molar-refractivity contribution in [2.24, 2.45) is 5.73 Å². The van der Waals surface area contributed by atoms with Crippen LogP contribution in [0.15, 0.2) is 30.3 Å². The Morgan fingerprint density at radius 2 is 1.54 bits per heavy atom. The fourth-order valence-electron chi connectivity index (χ4n) is 2.21. The molecule has 1 aromatic carbocycles. The Balaban J connectivity index is 2.56. The van der Waals surface area contributed by atoms with Crippen LogP contribution in [0.3, 0.4) is 0 Å². The van der Waals surface area contributed by atoms with Crippen molar-refractivity contribution >= 4 is 36.3 Å². The molecule has 154 valence electrons. The molecule has 0 radical (unpaired) electrons. The van der Waals surface area contributed by atoms with Gasteiger partial charge in [0.1, 0.15) is 18.1 Å². The highest BCUT2D eigenvalue weighted by Crippen LogP contribution is 2.02. The number of aliphatic carboxylic acids is 1. The summed E-state index contributed by atoms with van der Waals surface area (Å²) in [6.45, 7) is 2.75. The first kappa shape index (κ1) is 23.4. The molecule has 6 N–H and O–H groups in total. The van der Waals surface area contributed by atoms with E-state index in [0.29, 0.717) is 6.42 Å². The minimum absolute atomic E-state index is 0.0436. The quantitative estimate of drug-likeness (QED) is 0.274. The molecule has 4 atom stereocenters. The van der Waals surface area contributed by atoms with Crippen molar-refractivity contribution in [3.8, 4) is 0 Å². The van der Waals surface area contributed by atoms with E-state index in [1.807, 2.05) is 30.3 Å². The van der Waals surface area contributed by atoms with E-state index in [9.17, 15) is 19.2 Å². The number of carboxylic acid groups (broad SMARTS) is 1. The molecule has 0 aromatic heterocycles. The highest BCUT2D eigenvalue weighted by Gasteiger charge is 2.26. The maximum atomic E-state index is 12.3. The summed E-state index contributed by atoms with van der Waals surface area (Å²) in [5.41, 5.74) is 6.77. The van der Waals surface area contributed by atoms with Crippen LogP contribution in [-0.2, 0) is 25.6 Å². The number of carbonyl (C=O) groups is 4. The van der Waals surface area contributed by atoms with Crippen LogP contribution in [0.25, 0.3) is 0 Å². The van der Waals surface area contributed by atoms with Gasteiger partial charge in [0.2, 0.25) is 17.7 Å². The van der Waals surface area contributed by atoms with E-state index < -0.39 is 47.9 Å². The highest BCUT2D eigenvalue weighted by molar-refractivity contribution is 7.80. The summed E-state index contributed by atoms with van der Waals surface area (Å²) < 4.78 is 0. The van der Waals surface area contributed by atoms with Gasteiger partial charge in [-0.25, -0.2) is 0 Å². The monoisotopic (exact) mass is 410 g/mol. The van der Waals surface area contributed by atoms with Crippen molar-refractivity contribution < 1.29 is 24.3 Å². The van der Waals surface area contributed by atoms with E-state index in [1.165, 1.54) is 13.8 Å². The van der Waals surface area contributed by atoms with Gasteiger partial charge in [-0.1, -0.05) is 30.3 Å². The molecule has 9 nitrogen and oxygen atoms in total. The zero-order valence-electron chi connectivity index (χ0n) is 15.7. The van der Waals surface area contributed by atoms with Crippen LogP contribution in [0.2, 0.25) is 0 Å². The summed E-state index contributed by atoms with van der Waals surface area (Å²) in [6, 6.07) is 5.28. The Morgan fingerprint density at radius 3 is 2.07 bits per heavy atom. The van der Waals surface area contributed by atoms with Gasteiger partial charge in [0.15, 0.2) is 0 Å². The van der Waals surface area contributed by atoms with Gasteiger partial charge in [-0.05, 0) is 25.8 Å². The Kier molecular flexibility index (Phi) is 9.46. The lowest BCUT2D eigenvalue weighted by atomic mass is 10.1. The largest absolute Gasteiger partial charge is 0.480 e. The van der Waals surface area contributed by atoms with E-state index in [2.05, 4.69) is 28.6 Å². The zero-order valence-corrected chi connectivity index (χ0v) is 16.6. The lowest BCUT2D eigenvalue weighted by Crippen LogP contribution is -2.56. The van der Waals surface area contributed by atoms with Crippen molar-refractivity contribution in [3.63, 3.8) is 0 Å². The second-order valence-electron chi connectivity index (χ2n) is 6.34. The number of rotatable bonds is 10. The van der Waals surface area contributed by atoms with Gasteiger partial charge in [-0.2, -0.15) is 12.6 Å². The molecule has 1 aromatic rings. The van der Waals surface area contributed by atoms with Crippen LogP contribution in [0.4, 0.5) is 0 Å². The van der Waals surface area contributed by atoms with Gasteiger partial charge in [-0.15, -0.1) is 0 Å². The third-order valence-electron chi connectivity index (χ3n) is 3.93. The van der Waals surface area contributed by atoms with Crippen LogP contribution in [0.1, 0.15) is 19.4 Å². The molecular formula is C18H26N4O5S. The summed E-state index contributed by atoms with van der Waals surface area (Å²) in [4.78, 5) is 47.3. The molecule has 0 bridgehead atoms. The first-order chi connectivity index (χ1) is 13.1. The molecule has 28 heavy (non-hydrogen) atoms. The van der Waals surface area contributed by atoms with Gasteiger partial charge in [0.05, 0.1) is 6.04 Å². The van der Waals surface area contributed by atoms with E-state index in [1.54, 1.807) is 0 Å². The van der Waals surface area contributed by atoms with Gasteiger partial charge in [-0.3, -0.25) is 19.2 Å². The van der Waals surface area contributed by atoms with Gasteiger partial charge < -0.3 is 26.8 Å². The minimum atomic E-state index is -1.20. The molecule has 0 saturated heterocycles. The minimum Gasteiger partial charge on any atom is -0.480 e. The summed E-state index contributed by atoms with van der Waals surface area (Å²) >= 11 is 4.00. The number of carboxylic acids is 1. The predicted octanol–water partition coefficient (Wildman–Crippen LogP) is -0.935. The fourth-order valence-corrected chi connectivity index (χ4v) is 2.47. The molecule has 10 heteroatoms. The van der Waals surface area contributed by atoms with E-state index in [-0.39, 0.29) is 5.75 Å². The maximum Gasteiger partial charge on any atom is 0.325 e. The summed E-state index contributed by atoms with van der Waals surface area (Å²) in [5.74, 6) is -3.04. The fraction of sp³-hybridized carbons (Fsp3) is 0.444. The standard InChI is InChI=1S/C18H26N4O5S/c1-10(20-16(24)13(19)8-12-6-4-3-5-7-12)15(23)22-14(9-28)17(25)21-11(2)18(26)27/h3-7,10-11,13-14,28H,8-9,19H2,1-2H3,(H,20,24)(H,21,25)(H,22,23)(H,26,27). The number of nitrogens with one attached hydrogen (secondary N) is 3. The van der Waals surface area contributed by atoms with E-state index >= 15 is 0 Å². The Morgan fingerprint density at radius 1 is 0.964 bits per heavy atom. The number of thiol groups is 1. The number of nitrogens with two attached hydrogens (primary N) is 1. The van der Waals surface area contributed by atoms with Crippen LogP contribution in [0.5, 0.6) is 0 Å². The number of benzene rings is 1. The average molecular weight is 410 g/mol. The number of amides is 3. The molecule has 0 aliphatic rings. The molecule has 0 aliphatic heterocycles. The predicted molar refractivity (Wildman–Crippen MR) is 107 cm³/mol. The molecule has 0 saturated carbocycles. The maximum absolute atomic E-state index is 12.3. The summed E-state index contributed by atoms with van der Waals surface area (Å²) in [7, 11) is 0. The van der Waals surface area contributed by atoms with Crippen LogP contribution in [0, 0.1) is 0 Å². The van der Waals surface area contributed by atoms with Gasteiger partial charge in [0.25, 0.3) is 0 Å². The number of hydrogen-bond donors (Lipinski definition) is 6. The van der Waals surface area contributed by atoms with Crippen LogP contribution in [-0.4, -0.2) is 58.7 Å². The van der Waals surface area contributed by atoms with Gasteiger partial charge >= 0.3 is 5.97 Å². The molecule has 3 amide bonds. The first-order valence-electron chi connectivity index (χ1n) is 8.70. The molecular weight excluding hydrogens is 384 g/mol. The summed E-state index contributed by atoms with van der Waals surface area (Å²) in [5, 5.41) is 16.0. The molecule has 4 unspecified atom stereocenters. The lowest BCUT2D eigenvalue weighted by molar-refractivity contribution is -0.141. The highest BCUT2D eigenvalue weighted by atomic mass is 32.1. The van der Waals surface area contributed by atoms with Crippen molar-refractivity contribution in [1.82, 2.24) is 16.0 Å². The Labute approximate surface area is 168 Å². The third-order valence-corrected chi connectivity index (χ3v) is 4.30. The normalized spacial score (nSPS) is 14.9.